The summed E-state index contributed by atoms with van der Waals surface area (Å²) in [6, 6.07) is 6.42. The van der Waals surface area contributed by atoms with E-state index in [0.29, 0.717) is 5.54 Å². The van der Waals surface area contributed by atoms with Gasteiger partial charge in [0.2, 0.25) is 0 Å². The molecule has 1 heterocycles. The Balaban J connectivity index is 2.09. The molecule has 68 valence electrons. The largest absolute Gasteiger partial charge is 0.497 e. The number of methoxy groups -OCH3 is 1. The summed E-state index contributed by atoms with van der Waals surface area (Å²) in [4.78, 5) is 0. The van der Waals surface area contributed by atoms with Crippen LogP contribution >= 0.6 is 0 Å². The molecule has 1 N–H and O–H groups in total. The normalized spacial score (nSPS) is 21.6. The Morgan fingerprint density at radius 1 is 1.38 bits per heavy atom. The van der Waals surface area contributed by atoms with E-state index in [4.69, 9.17) is 4.74 Å². The maximum Gasteiger partial charge on any atom is 0.119 e. The third-order valence-corrected chi connectivity index (χ3v) is 3.20. The average molecular weight is 175 g/mol. The highest BCUT2D eigenvalue weighted by atomic mass is 16.5. The van der Waals surface area contributed by atoms with Crippen molar-refractivity contribution in [2.75, 3.05) is 7.11 Å². The van der Waals surface area contributed by atoms with Crippen molar-refractivity contribution in [3.8, 4) is 5.75 Å². The van der Waals surface area contributed by atoms with Crippen LogP contribution in [0.5, 0.6) is 5.75 Å². The van der Waals surface area contributed by atoms with E-state index in [1.165, 1.54) is 24.0 Å². The Kier molecular flexibility index (Phi) is 1.29. The number of hydrogen-bond donors (Lipinski definition) is 1. The molecular formula is C11H13NO. The van der Waals surface area contributed by atoms with Gasteiger partial charge in [-0.15, -0.1) is 0 Å². The lowest BCUT2D eigenvalue weighted by atomic mass is 10.0. The summed E-state index contributed by atoms with van der Waals surface area (Å²) in [5.41, 5.74) is 3.27. The van der Waals surface area contributed by atoms with Gasteiger partial charge >= 0.3 is 0 Å². The standard InChI is InChI=1S/C11H13NO/c1-13-9-2-3-10-8(6-9)7-12-11(10)4-5-11/h2-3,6,12H,4-5,7H2,1H3. The first-order chi connectivity index (χ1) is 6.34. The summed E-state index contributed by atoms with van der Waals surface area (Å²) in [6.07, 6.45) is 2.60. The van der Waals surface area contributed by atoms with Crippen LogP contribution in [-0.4, -0.2) is 7.11 Å². The van der Waals surface area contributed by atoms with E-state index in [2.05, 4.69) is 23.5 Å². The highest BCUT2D eigenvalue weighted by Crippen LogP contribution is 2.50. The Morgan fingerprint density at radius 3 is 2.92 bits per heavy atom. The first-order valence-electron chi connectivity index (χ1n) is 4.76. The second-order valence-corrected chi connectivity index (χ2v) is 3.96. The van der Waals surface area contributed by atoms with E-state index in [0.717, 1.165) is 12.3 Å². The van der Waals surface area contributed by atoms with Crippen LogP contribution in [0, 0.1) is 0 Å². The van der Waals surface area contributed by atoms with Crippen molar-refractivity contribution in [2.45, 2.75) is 24.9 Å². The smallest absolute Gasteiger partial charge is 0.119 e. The van der Waals surface area contributed by atoms with Crippen LogP contribution in [0.1, 0.15) is 24.0 Å². The molecular weight excluding hydrogens is 162 g/mol. The number of ether oxygens (including phenoxy) is 1. The van der Waals surface area contributed by atoms with Crippen LogP contribution in [0.3, 0.4) is 0 Å². The van der Waals surface area contributed by atoms with E-state index in [9.17, 15) is 0 Å². The molecule has 13 heavy (non-hydrogen) atoms. The molecule has 0 amide bonds. The van der Waals surface area contributed by atoms with E-state index in [1.807, 2.05) is 0 Å². The van der Waals surface area contributed by atoms with Gasteiger partial charge in [-0.25, -0.2) is 0 Å². The topological polar surface area (TPSA) is 21.3 Å². The minimum Gasteiger partial charge on any atom is -0.497 e. The summed E-state index contributed by atoms with van der Waals surface area (Å²) < 4.78 is 5.20. The highest BCUT2D eigenvalue weighted by molar-refractivity contribution is 5.45. The van der Waals surface area contributed by atoms with Crippen molar-refractivity contribution in [3.63, 3.8) is 0 Å². The van der Waals surface area contributed by atoms with Gasteiger partial charge in [-0.3, -0.25) is 0 Å². The number of fused-ring (bicyclic) bond motifs is 2. The van der Waals surface area contributed by atoms with Crippen LogP contribution < -0.4 is 10.1 Å². The molecule has 0 saturated heterocycles. The lowest BCUT2D eigenvalue weighted by Gasteiger charge is -2.08. The zero-order valence-corrected chi connectivity index (χ0v) is 7.76. The molecule has 1 saturated carbocycles. The van der Waals surface area contributed by atoms with E-state index < -0.39 is 0 Å². The van der Waals surface area contributed by atoms with Crippen LogP contribution in [0.15, 0.2) is 18.2 Å². The van der Waals surface area contributed by atoms with Crippen molar-refractivity contribution in [1.82, 2.24) is 5.32 Å². The number of rotatable bonds is 1. The first-order valence-corrected chi connectivity index (χ1v) is 4.76. The minimum atomic E-state index is 0.363. The first kappa shape index (κ1) is 7.39. The molecule has 0 unspecified atom stereocenters. The van der Waals surface area contributed by atoms with Gasteiger partial charge < -0.3 is 10.1 Å². The molecule has 3 rings (SSSR count). The molecule has 2 aliphatic rings. The van der Waals surface area contributed by atoms with Gasteiger partial charge in [-0.2, -0.15) is 0 Å². The maximum atomic E-state index is 5.20. The number of benzene rings is 1. The van der Waals surface area contributed by atoms with Gasteiger partial charge in [0.25, 0.3) is 0 Å². The van der Waals surface area contributed by atoms with Crippen LogP contribution in [0.2, 0.25) is 0 Å². The SMILES string of the molecule is COc1ccc2c(c1)CNC21CC1. The van der Waals surface area contributed by atoms with Gasteiger partial charge in [-0.05, 0) is 36.1 Å². The van der Waals surface area contributed by atoms with Crippen molar-refractivity contribution >= 4 is 0 Å². The fourth-order valence-electron chi connectivity index (χ4n) is 2.24. The molecule has 2 heteroatoms. The molecule has 0 radical (unpaired) electrons. The summed E-state index contributed by atoms with van der Waals surface area (Å²) in [7, 11) is 1.72. The number of nitrogens with one attached hydrogen (secondary N) is 1. The fraction of sp³-hybridized carbons (Fsp3) is 0.455. The lowest BCUT2D eigenvalue weighted by Crippen LogP contribution is -2.19. The van der Waals surface area contributed by atoms with Crippen molar-refractivity contribution in [2.24, 2.45) is 0 Å². The molecule has 0 bridgehead atoms. The van der Waals surface area contributed by atoms with E-state index >= 15 is 0 Å². The predicted molar refractivity (Wildman–Crippen MR) is 50.7 cm³/mol. The van der Waals surface area contributed by atoms with Crippen molar-refractivity contribution in [3.05, 3.63) is 29.3 Å². The van der Waals surface area contributed by atoms with E-state index in [-0.39, 0.29) is 0 Å². The summed E-state index contributed by atoms with van der Waals surface area (Å²) in [5.74, 6) is 0.971. The molecule has 1 fully saturated rings. The molecule has 1 spiro atoms. The molecule has 1 aromatic rings. The Labute approximate surface area is 77.9 Å². The van der Waals surface area contributed by atoms with Gasteiger partial charge in [-0.1, -0.05) is 6.07 Å². The summed E-state index contributed by atoms with van der Waals surface area (Å²) in [5, 5.41) is 3.57. The van der Waals surface area contributed by atoms with Crippen LogP contribution in [0.4, 0.5) is 0 Å². The molecule has 0 aromatic heterocycles. The molecule has 2 nitrogen and oxygen atoms in total. The fourth-order valence-corrected chi connectivity index (χ4v) is 2.24. The second-order valence-electron chi connectivity index (χ2n) is 3.96. The van der Waals surface area contributed by atoms with Crippen LogP contribution in [0.25, 0.3) is 0 Å². The van der Waals surface area contributed by atoms with Gasteiger partial charge in [0, 0.05) is 12.1 Å². The molecule has 1 aliphatic heterocycles. The molecule has 0 atom stereocenters. The average Bonchev–Trinajstić information content (AvgIpc) is 2.86. The lowest BCUT2D eigenvalue weighted by molar-refractivity contribution is 0.414. The summed E-state index contributed by atoms with van der Waals surface area (Å²) in [6.45, 7) is 1.01. The zero-order valence-electron chi connectivity index (χ0n) is 7.76. The van der Waals surface area contributed by atoms with Gasteiger partial charge in [0.15, 0.2) is 0 Å². The van der Waals surface area contributed by atoms with E-state index in [1.54, 1.807) is 7.11 Å². The van der Waals surface area contributed by atoms with Crippen LogP contribution in [-0.2, 0) is 12.1 Å². The monoisotopic (exact) mass is 175 g/mol. The predicted octanol–water partition coefficient (Wildman–Crippen LogP) is 1.79. The third kappa shape index (κ3) is 0.923. The highest BCUT2D eigenvalue weighted by Gasteiger charge is 2.48. The number of hydrogen-bond acceptors (Lipinski definition) is 2. The quantitative estimate of drug-likeness (QED) is 0.702. The van der Waals surface area contributed by atoms with Crippen molar-refractivity contribution in [1.29, 1.82) is 0 Å². The maximum absolute atomic E-state index is 5.20. The Hall–Kier alpha value is -1.02. The minimum absolute atomic E-state index is 0.363. The van der Waals surface area contributed by atoms with Crippen molar-refractivity contribution < 1.29 is 4.74 Å². The Bertz CT molecular complexity index is 355. The third-order valence-electron chi connectivity index (χ3n) is 3.20. The Morgan fingerprint density at radius 2 is 2.23 bits per heavy atom. The summed E-state index contributed by atoms with van der Waals surface area (Å²) >= 11 is 0. The van der Waals surface area contributed by atoms with Gasteiger partial charge in [0.1, 0.15) is 5.75 Å². The zero-order chi connectivity index (χ0) is 8.89. The molecule has 1 aliphatic carbocycles. The molecule has 1 aromatic carbocycles. The van der Waals surface area contributed by atoms with Gasteiger partial charge in [0.05, 0.1) is 7.11 Å². The second kappa shape index (κ2) is 2.26.